The van der Waals surface area contributed by atoms with Gasteiger partial charge in [-0.15, -0.1) is 0 Å². The minimum Gasteiger partial charge on any atom is -0.493 e. The number of halogens is 3. The van der Waals surface area contributed by atoms with Crippen molar-refractivity contribution in [2.45, 2.75) is 12.6 Å². The molecule has 9 heteroatoms. The van der Waals surface area contributed by atoms with E-state index in [4.69, 9.17) is 39.4 Å². The monoisotopic (exact) mass is 411 g/mol. The lowest BCUT2D eigenvalue weighted by molar-refractivity contribution is 0.313. The third kappa shape index (κ3) is 7.42. The van der Waals surface area contributed by atoms with Gasteiger partial charge in [0.25, 0.3) is 0 Å². The Kier molecular flexibility index (Phi) is 8.32. The molecule has 2 rings (SSSR count). The average Bonchev–Trinajstić information content (AvgIpc) is 2.64. The molecule has 0 bridgehead atoms. The Bertz CT molecular complexity index is 799. The first-order valence-corrected chi connectivity index (χ1v) is 8.88. The molecular weight excluding hydrogens is 392 g/mol. The Hall–Kier alpha value is -2.35. The molecule has 2 aromatic rings. The summed E-state index contributed by atoms with van der Waals surface area (Å²) >= 11 is 11.8. The van der Waals surface area contributed by atoms with E-state index in [0.717, 1.165) is 0 Å². The molecule has 0 fully saturated rings. The van der Waals surface area contributed by atoms with Gasteiger partial charge in [0.05, 0.1) is 23.0 Å². The summed E-state index contributed by atoms with van der Waals surface area (Å²) < 4.78 is 18.4. The van der Waals surface area contributed by atoms with Crippen LogP contribution in [0, 0.1) is 5.82 Å². The van der Waals surface area contributed by atoms with E-state index in [0.29, 0.717) is 40.9 Å². The highest BCUT2D eigenvalue weighted by Crippen LogP contribution is 2.26. The van der Waals surface area contributed by atoms with E-state index in [1.54, 1.807) is 30.3 Å². The van der Waals surface area contributed by atoms with E-state index in [9.17, 15) is 4.39 Å². The number of aliphatic imine (C=N–C) groups is 2. The number of ether oxygens (including phenoxy) is 1. The van der Waals surface area contributed by atoms with E-state index < -0.39 is 6.17 Å². The molecule has 0 spiro atoms. The highest BCUT2D eigenvalue weighted by molar-refractivity contribution is 6.42. The Balaban J connectivity index is 1.67. The maximum Gasteiger partial charge on any atom is 0.195 e. The second-order valence-corrected chi connectivity index (χ2v) is 6.28. The third-order valence-electron chi connectivity index (χ3n) is 3.38. The Morgan fingerprint density at radius 1 is 1.19 bits per heavy atom. The minimum atomic E-state index is -0.689. The predicted octanol–water partition coefficient (Wildman–Crippen LogP) is 3.49. The number of hydrogen-bond acceptors (Lipinski definition) is 4. The van der Waals surface area contributed by atoms with Crippen molar-refractivity contribution < 1.29 is 9.13 Å². The highest BCUT2D eigenvalue weighted by Gasteiger charge is 2.04. The van der Waals surface area contributed by atoms with Gasteiger partial charge in [0.15, 0.2) is 5.96 Å². The molecule has 144 valence electrons. The number of nitrogens with one attached hydrogen (secondary N) is 1. The third-order valence-corrected chi connectivity index (χ3v) is 4.12. The van der Waals surface area contributed by atoms with Gasteiger partial charge in [0.1, 0.15) is 17.7 Å². The van der Waals surface area contributed by atoms with Crippen LogP contribution in [0.3, 0.4) is 0 Å². The Morgan fingerprint density at radius 3 is 2.63 bits per heavy atom. The lowest BCUT2D eigenvalue weighted by Crippen LogP contribution is -2.32. The van der Waals surface area contributed by atoms with Gasteiger partial charge in [0.2, 0.25) is 0 Å². The standard InChI is InChI=1S/C18H20Cl2FN5O/c19-15-7-6-14(10-16(15)20)27-9-1-8-24-11-25-18(23)26-17(22)12-2-4-13(21)5-3-12/h2-7,10-11,17H,1,8-9,22H2,(H3,23,24,25,26). The maximum atomic E-state index is 12.9. The van der Waals surface area contributed by atoms with Crippen molar-refractivity contribution in [3.63, 3.8) is 0 Å². The topological polar surface area (TPSA) is 98.0 Å². The predicted molar refractivity (Wildman–Crippen MR) is 108 cm³/mol. The summed E-state index contributed by atoms with van der Waals surface area (Å²) in [6.07, 6.45) is 1.45. The average molecular weight is 412 g/mol. The van der Waals surface area contributed by atoms with Crippen molar-refractivity contribution in [1.29, 1.82) is 0 Å². The molecule has 0 aliphatic carbocycles. The molecule has 0 radical (unpaired) electrons. The summed E-state index contributed by atoms with van der Waals surface area (Å²) in [4.78, 5) is 8.22. The fourth-order valence-corrected chi connectivity index (χ4v) is 2.30. The van der Waals surface area contributed by atoms with Gasteiger partial charge < -0.3 is 21.5 Å². The second kappa shape index (κ2) is 10.7. The van der Waals surface area contributed by atoms with Crippen LogP contribution in [0.2, 0.25) is 10.0 Å². The molecule has 0 saturated carbocycles. The lowest BCUT2D eigenvalue weighted by Gasteiger charge is -2.08. The van der Waals surface area contributed by atoms with Gasteiger partial charge in [-0.3, -0.25) is 4.99 Å². The van der Waals surface area contributed by atoms with Crippen LogP contribution in [0.1, 0.15) is 18.2 Å². The zero-order valence-electron chi connectivity index (χ0n) is 14.4. The molecule has 0 aliphatic rings. The largest absolute Gasteiger partial charge is 0.493 e. The molecule has 0 aromatic heterocycles. The molecule has 1 atom stereocenters. The van der Waals surface area contributed by atoms with Gasteiger partial charge in [-0.05, 0) is 29.8 Å². The fourth-order valence-electron chi connectivity index (χ4n) is 2.01. The maximum absolute atomic E-state index is 12.9. The van der Waals surface area contributed by atoms with E-state index in [-0.39, 0.29) is 11.8 Å². The molecule has 0 heterocycles. The molecule has 2 aromatic carbocycles. The summed E-state index contributed by atoms with van der Waals surface area (Å²) in [6, 6.07) is 10.8. The van der Waals surface area contributed by atoms with Crippen molar-refractivity contribution in [3.8, 4) is 5.75 Å². The first kappa shape index (κ1) is 21.0. The smallest absolute Gasteiger partial charge is 0.195 e. The van der Waals surface area contributed by atoms with Gasteiger partial charge in [-0.2, -0.15) is 0 Å². The normalized spacial score (nSPS) is 13.0. The van der Waals surface area contributed by atoms with Crippen LogP contribution >= 0.6 is 23.2 Å². The number of rotatable bonds is 8. The van der Waals surface area contributed by atoms with Crippen molar-refractivity contribution in [2.24, 2.45) is 21.5 Å². The van der Waals surface area contributed by atoms with E-state index >= 15 is 0 Å². The fraction of sp³-hybridized carbons (Fsp3) is 0.222. The van der Waals surface area contributed by atoms with Crippen molar-refractivity contribution >= 4 is 35.5 Å². The highest BCUT2D eigenvalue weighted by atomic mass is 35.5. The first-order chi connectivity index (χ1) is 13.0. The van der Waals surface area contributed by atoms with Crippen LogP contribution in [0.25, 0.3) is 0 Å². The van der Waals surface area contributed by atoms with Crippen molar-refractivity contribution in [3.05, 3.63) is 63.9 Å². The first-order valence-electron chi connectivity index (χ1n) is 8.12. The molecule has 0 saturated heterocycles. The zero-order chi connectivity index (χ0) is 19.6. The number of nitrogens with zero attached hydrogens (tertiary/aromatic N) is 2. The molecule has 6 nitrogen and oxygen atoms in total. The number of benzene rings is 2. The second-order valence-electron chi connectivity index (χ2n) is 5.47. The Labute approximate surface area is 167 Å². The van der Waals surface area contributed by atoms with Crippen LogP contribution in [0.5, 0.6) is 5.75 Å². The SMILES string of the molecule is N/C(=N/C(N)c1ccc(F)cc1)NC=NCCCOc1ccc(Cl)c(Cl)c1. The van der Waals surface area contributed by atoms with Crippen LogP contribution in [0.15, 0.2) is 52.4 Å². The molecular formula is C18H20Cl2FN5O. The number of hydrogen-bond donors (Lipinski definition) is 3. The quantitative estimate of drug-likeness (QED) is 0.351. The number of guanidine groups is 1. The molecule has 0 amide bonds. The van der Waals surface area contributed by atoms with E-state index in [1.165, 1.54) is 18.5 Å². The van der Waals surface area contributed by atoms with E-state index in [2.05, 4.69) is 15.3 Å². The van der Waals surface area contributed by atoms with Crippen LogP contribution in [-0.4, -0.2) is 25.4 Å². The van der Waals surface area contributed by atoms with Crippen LogP contribution in [0.4, 0.5) is 4.39 Å². The summed E-state index contributed by atoms with van der Waals surface area (Å²) in [7, 11) is 0. The van der Waals surface area contributed by atoms with Crippen molar-refractivity contribution in [1.82, 2.24) is 5.32 Å². The van der Waals surface area contributed by atoms with Gasteiger partial charge in [-0.1, -0.05) is 35.3 Å². The Morgan fingerprint density at radius 2 is 1.93 bits per heavy atom. The summed E-state index contributed by atoms with van der Waals surface area (Å²) in [5.41, 5.74) is 12.3. The van der Waals surface area contributed by atoms with Gasteiger partial charge >= 0.3 is 0 Å². The lowest BCUT2D eigenvalue weighted by atomic mass is 10.2. The van der Waals surface area contributed by atoms with Crippen molar-refractivity contribution in [2.75, 3.05) is 13.2 Å². The summed E-state index contributed by atoms with van der Waals surface area (Å²) in [5.74, 6) is 0.427. The minimum absolute atomic E-state index is 0.114. The van der Waals surface area contributed by atoms with Gasteiger partial charge in [0, 0.05) is 19.0 Å². The summed E-state index contributed by atoms with van der Waals surface area (Å²) in [6.45, 7) is 1.01. The molecule has 5 N–H and O–H groups in total. The van der Waals surface area contributed by atoms with Crippen LogP contribution < -0.4 is 21.5 Å². The molecule has 1 unspecified atom stereocenters. The van der Waals surface area contributed by atoms with Crippen LogP contribution in [-0.2, 0) is 0 Å². The van der Waals surface area contributed by atoms with E-state index in [1.807, 2.05) is 0 Å². The summed E-state index contributed by atoms with van der Waals surface area (Å²) in [5, 5.41) is 3.66. The molecule has 0 aliphatic heterocycles. The number of nitrogens with two attached hydrogens (primary N) is 2. The zero-order valence-corrected chi connectivity index (χ0v) is 15.9. The van der Waals surface area contributed by atoms with Gasteiger partial charge in [-0.25, -0.2) is 9.38 Å². The molecule has 27 heavy (non-hydrogen) atoms.